The summed E-state index contributed by atoms with van der Waals surface area (Å²) in [5.74, 6) is -1.16. The van der Waals surface area contributed by atoms with E-state index in [1.54, 1.807) is 4.98 Å². The number of ether oxygens (including phenoxy) is 1. The molecule has 1 aliphatic rings. The van der Waals surface area contributed by atoms with Crippen LogP contribution >= 0.6 is 0 Å². The SMILES string of the molecule is C=C1C(O)[C@H](CO)O[C@@H]1n1cc(F)c(=O)[nH]c1=O. The largest absolute Gasteiger partial charge is 0.394 e. The van der Waals surface area contributed by atoms with Crippen LogP contribution in [0.4, 0.5) is 4.39 Å². The van der Waals surface area contributed by atoms with Gasteiger partial charge < -0.3 is 14.9 Å². The number of hydrogen-bond donors (Lipinski definition) is 3. The topological polar surface area (TPSA) is 105 Å². The van der Waals surface area contributed by atoms with Gasteiger partial charge in [0.15, 0.2) is 6.23 Å². The molecule has 0 saturated carbocycles. The zero-order chi connectivity index (χ0) is 13.4. The second-order valence-electron chi connectivity index (χ2n) is 3.87. The van der Waals surface area contributed by atoms with Crippen molar-refractivity contribution in [2.45, 2.75) is 18.4 Å². The number of hydrogen-bond acceptors (Lipinski definition) is 5. The van der Waals surface area contributed by atoms with Crippen LogP contribution in [0.3, 0.4) is 0 Å². The second kappa shape index (κ2) is 4.48. The van der Waals surface area contributed by atoms with Crippen LogP contribution in [-0.4, -0.2) is 38.6 Å². The Hall–Kier alpha value is -1.77. The van der Waals surface area contributed by atoms with Gasteiger partial charge in [-0.25, -0.2) is 4.79 Å². The number of aliphatic hydroxyl groups excluding tert-OH is 2. The average Bonchev–Trinajstić information content (AvgIpc) is 2.61. The third kappa shape index (κ3) is 1.90. The third-order valence-electron chi connectivity index (χ3n) is 2.71. The van der Waals surface area contributed by atoms with Crippen molar-refractivity contribution in [1.82, 2.24) is 9.55 Å². The monoisotopic (exact) mass is 258 g/mol. The molecule has 1 fully saturated rings. The van der Waals surface area contributed by atoms with Crippen LogP contribution in [0.25, 0.3) is 0 Å². The van der Waals surface area contributed by atoms with E-state index in [9.17, 15) is 19.1 Å². The number of rotatable bonds is 2. The molecule has 0 bridgehead atoms. The molecule has 0 radical (unpaired) electrons. The molecule has 0 spiro atoms. The Morgan fingerprint density at radius 2 is 2.22 bits per heavy atom. The molecule has 3 N–H and O–H groups in total. The number of nitrogens with one attached hydrogen (secondary N) is 1. The zero-order valence-corrected chi connectivity index (χ0v) is 9.17. The molecule has 1 unspecified atom stereocenters. The van der Waals surface area contributed by atoms with Gasteiger partial charge in [0.25, 0.3) is 5.56 Å². The highest BCUT2D eigenvalue weighted by molar-refractivity contribution is 5.15. The van der Waals surface area contributed by atoms with Crippen LogP contribution in [0.15, 0.2) is 27.9 Å². The smallest absolute Gasteiger partial charge is 0.330 e. The molecule has 18 heavy (non-hydrogen) atoms. The fourth-order valence-electron chi connectivity index (χ4n) is 1.73. The van der Waals surface area contributed by atoms with Crippen LogP contribution in [0.2, 0.25) is 0 Å². The van der Waals surface area contributed by atoms with Crippen molar-refractivity contribution in [3.05, 3.63) is 45.0 Å². The average molecular weight is 258 g/mol. The molecule has 8 heteroatoms. The maximum atomic E-state index is 13.1. The van der Waals surface area contributed by atoms with Gasteiger partial charge in [-0.3, -0.25) is 14.3 Å². The van der Waals surface area contributed by atoms with E-state index in [4.69, 9.17) is 9.84 Å². The van der Waals surface area contributed by atoms with E-state index in [1.807, 2.05) is 0 Å². The summed E-state index contributed by atoms with van der Waals surface area (Å²) in [4.78, 5) is 24.1. The Kier molecular flexibility index (Phi) is 3.16. The summed E-state index contributed by atoms with van der Waals surface area (Å²) in [7, 11) is 0. The van der Waals surface area contributed by atoms with Gasteiger partial charge in [0.2, 0.25) is 5.82 Å². The molecule has 3 atom stereocenters. The van der Waals surface area contributed by atoms with E-state index in [-0.39, 0.29) is 5.57 Å². The molecule has 1 saturated heterocycles. The maximum absolute atomic E-state index is 13.1. The molecule has 0 aromatic carbocycles. The molecule has 2 rings (SSSR count). The number of nitrogens with zero attached hydrogens (tertiary/aromatic N) is 1. The highest BCUT2D eigenvalue weighted by Gasteiger charge is 2.38. The van der Waals surface area contributed by atoms with Crippen molar-refractivity contribution in [2.24, 2.45) is 0 Å². The first-order valence-corrected chi connectivity index (χ1v) is 5.09. The third-order valence-corrected chi connectivity index (χ3v) is 2.71. The maximum Gasteiger partial charge on any atom is 0.330 e. The molecule has 1 aromatic rings. The molecule has 0 amide bonds. The molecule has 98 valence electrons. The Balaban J connectivity index is 2.45. The quantitative estimate of drug-likeness (QED) is 0.559. The molecule has 7 nitrogen and oxygen atoms in total. The summed E-state index contributed by atoms with van der Waals surface area (Å²) in [5.41, 5.74) is -1.93. The fraction of sp³-hybridized carbons (Fsp3) is 0.400. The van der Waals surface area contributed by atoms with E-state index < -0.39 is 42.1 Å². The number of H-pyrrole nitrogens is 1. The lowest BCUT2D eigenvalue weighted by Crippen LogP contribution is -2.34. The predicted molar refractivity (Wildman–Crippen MR) is 57.4 cm³/mol. The van der Waals surface area contributed by atoms with Gasteiger partial charge in [-0.15, -0.1) is 0 Å². The Morgan fingerprint density at radius 1 is 1.56 bits per heavy atom. The minimum absolute atomic E-state index is 0.0996. The number of halogens is 1. The van der Waals surface area contributed by atoms with Crippen LogP contribution in [0, 0.1) is 5.82 Å². The molecule has 1 aromatic heterocycles. The highest BCUT2D eigenvalue weighted by Crippen LogP contribution is 2.31. The Bertz CT molecular complexity index is 593. The van der Waals surface area contributed by atoms with E-state index in [2.05, 4.69) is 6.58 Å². The van der Waals surface area contributed by atoms with Crippen molar-refractivity contribution in [2.75, 3.05) is 6.61 Å². The first-order chi connectivity index (χ1) is 8.45. The molecular weight excluding hydrogens is 247 g/mol. The highest BCUT2D eigenvalue weighted by atomic mass is 19.1. The molecule has 1 aliphatic heterocycles. The van der Waals surface area contributed by atoms with E-state index >= 15 is 0 Å². The Labute approximate surface area is 99.8 Å². The van der Waals surface area contributed by atoms with E-state index in [0.717, 1.165) is 4.57 Å². The first-order valence-electron chi connectivity index (χ1n) is 5.09. The van der Waals surface area contributed by atoms with Crippen LogP contribution in [-0.2, 0) is 4.74 Å². The standard InChI is InChI=1S/C10H11FN2O5/c1-4-7(15)6(3-14)18-9(4)13-2-5(11)8(16)12-10(13)17/h2,6-7,9,14-15H,1,3H2,(H,12,16,17)/t6-,7?,9-/m0/s1. The van der Waals surface area contributed by atoms with Crippen molar-refractivity contribution in [3.8, 4) is 0 Å². The van der Waals surface area contributed by atoms with Crippen LogP contribution in [0.5, 0.6) is 0 Å². The molecule has 0 aliphatic carbocycles. The summed E-state index contributed by atoms with van der Waals surface area (Å²) >= 11 is 0. The lowest BCUT2D eigenvalue weighted by Gasteiger charge is -2.14. The summed E-state index contributed by atoms with van der Waals surface area (Å²) in [6, 6.07) is 0. The molecule has 2 heterocycles. The van der Waals surface area contributed by atoms with Gasteiger partial charge >= 0.3 is 5.69 Å². The number of aromatic amines is 1. The van der Waals surface area contributed by atoms with E-state index in [0.29, 0.717) is 6.20 Å². The lowest BCUT2D eigenvalue weighted by atomic mass is 10.1. The summed E-state index contributed by atoms with van der Waals surface area (Å²) in [6.07, 6.45) is -2.56. The number of aliphatic hydroxyl groups is 2. The van der Waals surface area contributed by atoms with E-state index in [1.165, 1.54) is 0 Å². The van der Waals surface area contributed by atoms with Crippen molar-refractivity contribution < 1.29 is 19.3 Å². The number of aromatic nitrogens is 2. The second-order valence-corrected chi connectivity index (χ2v) is 3.87. The predicted octanol–water partition coefficient (Wildman–Crippen LogP) is -1.52. The van der Waals surface area contributed by atoms with Gasteiger partial charge in [0, 0.05) is 5.57 Å². The van der Waals surface area contributed by atoms with Gasteiger partial charge in [0.1, 0.15) is 12.2 Å². The van der Waals surface area contributed by atoms with Crippen molar-refractivity contribution in [1.29, 1.82) is 0 Å². The van der Waals surface area contributed by atoms with Crippen molar-refractivity contribution in [3.63, 3.8) is 0 Å². The zero-order valence-electron chi connectivity index (χ0n) is 9.17. The van der Waals surface area contributed by atoms with Crippen LogP contribution < -0.4 is 11.2 Å². The summed E-state index contributed by atoms with van der Waals surface area (Å²) in [5, 5.41) is 18.6. The van der Waals surface area contributed by atoms with Crippen molar-refractivity contribution >= 4 is 0 Å². The molecular formula is C10H11FN2O5. The summed E-state index contributed by atoms with van der Waals surface area (Å²) < 4.78 is 19.0. The minimum Gasteiger partial charge on any atom is -0.394 e. The Morgan fingerprint density at radius 3 is 2.78 bits per heavy atom. The normalized spacial score (nSPS) is 27.7. The van der Waals surface area contributed by atoms with Gasteiger partial charge in [0.05, 0.1) is 12.8 Å². The summed E-state index contributed by atoms with van der Waals surface area (Å²) in [6.45, 7) is 3.05. The first kappa shape index (κ1) is 12.7. The fourth-order valence-corrected chi connectivity index (χ4v) is 1.73. The van der Waals surface area contributed by atoms with Gasteiger partial charge in [-0.05, 0) is 0 Å². The van der Waals surface area contributed by atoms with Crippen LogP contribution in [0.1, 0.15) is 6.23 Å². The van der Waals surface area contributed by atoms with Gasteiger partial charge in [-0.2, -0.15) is 4.39 Å². The van der Waals surface area contributed by atoms with Gasteiger partial charge in [-0.1, -0.05) is 6.58 Å². The minimum atomic E-state index is -1.16. The lowest BCUT2D eigenvalue weighted by molar-refractivity contribution is -0.0450.